The van der Waals surface area contributed by atoms with Gasteiger partial charge >= 0.3 is 6.09 Å². The average molecular weight is 530 g/mol. The largest absolute Gasteiger partial charge is 0.465 e. The van der Waals surface area contributed by atoms with Crippen molar-refractivity contribution in [1.29, 1.82) is 0 Å². The SMILES string of the molecule is Cc1nn(C2CCCCC2)c2sc(C(=O)N[C@H]3CC[C@H](N4CCN(C(=O)O)C(C(C)(C)C)C4)CC3)cc12. The first-order valence-electron chi connectivity index (χ1n) is 14.1. The highest BCUT2D eigenvalue weighted by atomic mass is 32.1. The number of fused-ring (bicyclic) bond motifs is 1. The fraction of sp³-hybridized carbons (Fsp3) is 0.750. The van der Waals surface area contributed by atoms with Crippen LogP contribution in [0, 0.1) is 12.3 Å². The van der Waals surface area contributed by atoms with E-state index in [1.54, 1.807) is 16.2 Å². The number of hydrogen-bond acceptors (Lipinski definition) is 5. The lowest BCUT2D eigenvalue weighted by Crippen LogP contribution is -2.61. The second-order valence-corrected chi connectivity index (χ2v) is 13.5. The number of rotatable bonds is 4. The van der Waals surface area contributed by atoms with Crippen LogP contribution in [0.2, 0.25) is 0 Å². The molecule has 37 heavy (non-hydrogen) atoms. The maximum absolute atomic E-state index is 13.2. The first-order valence-corrected chi connectivity index (χ1v) is 15.0. The van der Waals surface area contributed by atoms with Gasteiger partial charge in [0.25, 0.3) is 5.91 Å². The van der Waals surface area contributed by atoms with Crippen LogP contribution in [0.1, 0.15) is 100.0 Å². The predicted octanol–water partition coefficient (Wildman–Crippen LogP) is 5.66. The van der Waals surface area contributed by atoms with Gasteiger partial charge in [-0.3, -0.25) is 14.4 Å². The van der Waals surface area contributed by atoms with E-state index in [-0.39, 0.29) is 23.4 Å². The zero-order valence-electron chi connectivity index (χ0n) is 22.8. The summed E-state index contributed by atoms with van der Waals surface area (Å²) in [6, 6.07) is 3.16. The summed E-state index contributed by atoms with van der Waals surface area (Å²) in [5.74, 6) is 0.0436. The Hall–Kier alpha value is -2.13. The maximum atomic E-state index is 13.2. The summed E-state index contributed by atoms with van der Waals surface area (Å²) < 4.78 is 2.20. The summed E-state index contributed by atoms with van der Waals surface area (Å²) in [6.45, 7) is 10.6. The van der Waals surface area contributed by atoms with Gasteiger partial charge in [-0.2, -0.15) is 5.10 Å². The minimum absolute atomic E-state index is 0.00266. The Labute approximate surface area is 224 Å². The molecule has 3 heterocycles. The predicted molar refractivity (Wildman–Crippen MR) is 148 cm³/mol. The molecule has 0 spiro atoms. The van der Waals surface area contributed by atoms with E-state index in [1.165, 1.54) is 32.1 Å². The smallest absolute Gasteiger partial charge is 0.407 e. The van der Waals surface area contributed by atoms with E-state index >= 15 is 0 Å². The third kappa shape index (κ3) is 5.53. The van der Waals surface area contributed by atoms with Gasteiger partial charge in [0.2, 0.25) is 0 Å². The summed E-state index contributed by atoms with van der Waals surface area (Å²) in [5, 5.41) is 18.9. The molecule has 5 rings (SSSR count). The summed E-state index contributed by atoms with van der Waals surface area (Å²) in [5.41, 5.74) is 0.923. The second kappa shape index (κ2) is 10.6. The zero-order valence-corrected chi connectivity index (χ0v) is 23.6. The van der Waals surface area contributed by atoms with Crippen molar-refractivity contribution in [2.45, 2.75) is 110 Å². The van der Waals surface area contributed by atoms with Crippen molar-refractivity contribution >= 4 is 33.6 Å². The monoisotopic (exact) mass is 529 g/mol. The number of nitrogens with one attached hydrogen (secondary N) is 1. The van der Waals surface area contributed by atoms with E-state index in [4.69, 9.17) is 5.10 Å². The van der Waals surface area contributed by atoms with Crippen molar-refractivity contribution < 1.29 is 14.7 Å². The minimum Gasteiger partial charge on any atom is -0.465 e. The molecule has 1 aliphatic heterocycles. The molecule has 1 saturated heterocycles. The van der Waals surface area contributed by atoms with Crippen LogP contribution in [0.25, 0.3) is 10.2 Å². The van der Waals surface area contributed by atoms with Gasteiger partial charge in [-0.05, 0) is 56.9 Å². The molecule has 204 valence electrons. The number of aryl methyl sites for hydroxylation is 1. The standard InChI is InChI=1S/C28H43N5O3S/c1-18-22-16-23(37-26(22)33(30-18)21-8-6-5-7-9-21)25(34)29-19-10-12-20(13-11-19)31-14-15-32(27(35)36)24(17-31)28(2,3)4/h16,19-21,24H,5-15,17H2,1-4H3,(H,29,34)(H,35,36)/t19-,20-,24?. The molecule has 1 unspecified atom stereocenters. The summed E-state index contributed by atoms with van der Waals surface area (Å²) >= 11 is 1.59. The lowest BCUT2D eigenvalue weighted by Gasteiger charge is -2.49. The molecule has 8 nitrogen and oxygen atoms in total. The number of carboxylic acid groups (broad SMARTS) is 1. The lowest BCUT2D eigenvalue weighted by atomic mass is 9.82. The Kier molecular flexibility index (Phi) is 7.56. The molecule has 2 N–H and O–H groups in total. The Morgan fingerprint density at radius 1 is 1.03 bits per heavy atom. The van der Waals surface area contributed by atoms with Gasteiger partial charge in [0.05, 0.1) is 22.7 Å². The summed E-state index contributed by atoms with van der Waals surface area (Å²) in [4.78, 5) is 31.1. The third-order valence-electron chi connectivity index (χ3n) is 8.92. The molecule has 0 radical (unpaired) electrons. The molecule has 2 aromatic heterocycles. The van der Waals surface area contributed by atoms with Crippen molar-refractivity contribution in [3.05, 3.63) is 16.6 Å². The molecular weight excluding hydrogens is 486 g/mol. The topological polar surface area (TPSA) is 90.7 Å². The second-order valence-electron chi connectivity index (χ2n) is 12.5. The van der Waals surface area contributed by atoms with Crippen LogP contribution < -0.4 is 5.32 Å². The molecule has 2 saturated carbocycles. The van der Waals surface area contributed by atoms with Crippen LogP contribution in [0.15, 0.2) is 6.07 Å². The summed E-state index contributed by atoms with van der Waals surface area (Å²) in [7, 11) is 0. The molecule has 1 atom stereocenters. The minimum atomic E-state index is -0.811. The molecular formula is C28H43N5O3S. The van der Waals surface area contributed by atoms with E-state index in [1.807, 2.05) is 6.07 Å². The van der Waals surface area contributed by atoms with Crippen LogP contribution in [-0.2, 0) is 0 Å². The number of hydrogen-bond donors (Lipinski definition) is 2. The van der Waals surface area contributed by atoms with Gasteiger partial charge < -0.3 is 15.3 Å². The van der Waals surface area contributed by atoms with E-state index in [2.05, 4.69) is 42.6 Å². The fourth-order valence-corrected chi connectivity index (χ4v) is 7.84. The molecule has 2 aliphatic carbocycles. The zero-order chi connectivity index (χ0) is 26.3. The van der Waals surface area contributed by atoms with Gasteiger partial charge in [-0.1, -0.05) is 40.0 Å². The maximum Gasteiger partial charge on any atom is 0.407 e. The molecule has 2 amide bonds. The van der Waals surface area contributed by atoms with E-state index < -0.39 is 6.09 Å². The Bertz CT molecular complexity index is 1120. The van der Waals surface area contributed by atoms with Crippen LogP contribution >= 0.6 is 11.3 Å². The van der Waals surface area contributed by atoms with Crippen LogP contribution in [0.5, 0.6) is 0 Å². The van der Waals surface area contributed by atoms with Crippen LogP contribution in [-0.4, -0.2) is 74.4 Å². The fourth-order valence-electron chi connectivity index (χ4n) is 6.70. The molecule has 0 bridgehead atoms. The van der Waals surface area contributed by atoms with E-state index in [0.717, 1.165) is 59.6 Å². The lowest BCUT2D eigenvalue weighted by molar-refractivity contribution is -0.00188. The molecule has 0 aromatic carbocycles. The number of nitrogens with zero attached hydrogens (tertiary/aromatic N) is 4. The third-order valence-corrected chi connectivity index (χ3v) is 10.0. The highest BCUT2D eigenvalue weighted by Crippen LogP contribution is 2.36. The van der Waals surface area contributed by atoms with E-state index in [9.17, 15) is 14.7 Å². The number of carbonyl (C=O) groups excluding carboxylic acids is 1. The number of carbonyl (C=O) groups is 2. The number of amides is 2. The van der Waals surface area contributed by atoms with Crippen molar-refractivity contribution in [1.82, 2.24) is 24.9 Å². The Balaban J connectivity index is 1.18. The number of piperazine rings is 1. The first kappa shape index (κ1) is 26.5. The van der Waals surface area contributed by atoms with Crippen molar-refractivity contribution in [2.24, 2.45) is 5.41 Å². The molecule has 3 aliphatic rings. The Morgan fingerprint density at radius 2 is 1.73 bits per heavy atom. The molecule has 3 fully saturated rings. The van der Waals surface area contributed by atoms with Crippen LogP contribution in [0.4, 0.5) is 4.79 Å². The van der Waals surface area contributed by atoms with Gasteiger partial charge in [0.15, 0.2) is 0 Å². The van der Waals surface area contributed by atoms with Gasteiger partial charge in [-0.15, -0.1) is 11.3 Å². The van der Waals surface area contributed by atoms with Crippen LogP contribution in [0.3, 0.4) is 0 Å². The van der Waals surface area contributed by atoms with Crippen molar-refractivity contribution in [3.8, 4) is 0 Å². The highest BCUT2D eigenvalue weighted by Gasteiger charge is 2.40. The van der Waals surface area contributed by atoms with E-state index in [0.29, 0.717) is 18.6 Å². The van der Waals surface area contributed by atoms with Crippen molar-refractivity contribution in [3.63, 3.8) is 0 Å². The normalized spacial score (nSPS) is 26.5. The number of aromatic nitrogens is 2. The van der Waals surface area contributed by atoms with Gasteiger partial charge in [-0.25, -0.2) is 4.79 Å². The molecule has 9 heteroatoms. The first-order chi connectivity index (χ1) is 17.6. The summed E-state index contributed by atoms with van der Waals surface area (Å²) in [6.07, 6.45) is 9.40. The average Bonchev–Trinajstić information content (AvgIpc) is 3.45. The van der Waals surface area contributed by atoms with Gasteiger partial charge in [0, 0.05) is 37.1 Å². The highest BCUT2D eigenvalue weighted by molar-refractivity contribution is 7.20. The Morgan fingerprint density at radius 3 is 2.38 bits per heavy atom. The molecule has 2 aromatic rings. The van der Waals surface area contributed by atoms with Gasteiger partial charge in [0.1, 0.15) is 4.83 Å². The quantitative estimate of drug-likeness (QED) is 0.533. The number of thiophene rings is 1. The van der Waals surface area contributed by atoms with Crippen molar-refractivity contribution in [2.75, 3.05) is 19.6 Å².